The number of aliphatic hydroxyl groups is 5. The summed E-state index contributed by atoms with van der Waals surface area (Å²) in [5.41, 5.74) is 0.204. The van der Waals surface area contributed by atoms with Gasteiger partial charge in [0.25, 0.3) is 5.79 Å². The zero-order valence-corrected chi connectivity index (χ0v) is 16.1. The number of ether oxygens (including phenoxy) is 2. The number of rotatable bonds is 4. The molecule has 0 aromatic heterocycles. The van der Waals surface area contributed by atoms with E-state index in [-0.39, 0.29) is 29.0 Å². The number of carbonyl (C=O) groups is 1. The molecule has 2 aliphatic rings. The van der Waals surface area contributed by atoms with Gasteiger partial charge in [0.05, 0.1) is 17.7 Å². The highest BCUT2D eigenvalue weighted by Gasteiger charge is 2.52. The second-order valence-corrected chi connectivity index (χ2v) is 7.68. The van der Waals surface area contributed by atoms with Crippen LogP contribution in [0, 0.1) is 0 Å². The molecule has 0 aliphatic carbocycles. The number of carbonyl (C=O) groups excluding carboxylic acids is 1. The van der Waals surface area contributed by atoms with Crippen molar-refractivity contribution in [3.8, 4) is 17.2 Å². The van der Waals surface area contributed by atoms with Crippen molar-refractivity contribution in [2.45, 2.75) is 42.7 Å². The van der Waals surface area contributed by atoms with Crippen LogP contribution in [0.1, 0.15) is 27.6 Å². The van der Waals surface area contributed by atoms with Crippen LogP contribution in [0.4, 0.5) is 0 Å². The molecule has 10 heteroatoms. The summed E-state index contributed by atoms with van der Waals surface area (Å²) in [6.45, 7) is -0.679. The van der Waals surface area contributed by atoms with Gasteiger partial charge < -0.3 is 45.2 Å². The molecule has 0 spiro atoms. The lowest BCUT2D eigenvalue weighted by atomic mass is 9.89. The van der Waals surface area contributed by atoms with E-state index >= 15 is 0 Å². The smallest absolute Gasteiger partial charge is 0.276 e. The highest BCUT2D eigenvalue weighted by molar-refractivity contribution is 6.07. The van der Waals surface area contributed by atoms with Crippen molar-refractivity contribution in [3.63, 3.8) is 0 Å². The molecule has 6 unspecified atom stereocenters. The number of phenols is 2. The van der Waals surface area contributed by atoms with Gasteiger partial charge in [-0.3, -0.25) is 4.79 Å². The van der Waals surface area contributed by atoms with Crippen LogP contribution in [0.3, 0.4) is 0 Å². The summed E-state index contributed by atoms with van der Waals surface area (Å²) < 4.78 is 11.1. The van der Waals surface area contributed by atoms with E-state index < -0.39 is 54.4 Å². The Bertz CT molecular complexity index is 988. The molecule has 2 aromatic rings. The molecular weight excluding hydrogens is 412 g/mol. The van der Waals surface area contributed by atoms with Gasteiger partial charge in [-0.1, -0.05) is 12.1 Å². The molecule has 1 fully saturated rings. The van der Waals surface area contributed by atoms with Gasteiger partial charge in [-0.25, -0.2) is 0 Å². The summed E-state index contributed by atoms with van der Waals surface area (Å²) in [6.07, 6.45) is -8.01. The summed E-state index contributed by atoms with van der Waals surface area (Å²) in [5, 5.41) is 70.7. The third-order valence-corrected chi connectivity index (χ3v) is 5.60. The molecule has 0 saturated carbocycles. The van der Waals surface area contributed by atoms with Gasteiger partial charge in [0, 0.05) is 6.42 Å². The number of fused-ring (bicyclic) bond motifs is 1. The van der Waals surface area contributed by atoms with E-state index in [1.165, 1.54) is 30.3 Å². The zero-order chi connectivity index (χ0) is 22.5. The fourth-order valence-corrected chi connectivity index (χ4v) is 3.93. The Morgan fingerprint density at radius 1 is 0.935 bits per heavy atom. The maximum atomic E-state index is 12.9. The fraction of sp³-hybridized carbons (Fsp3) is 0.381. The number of ketones is 1. The largest absolute Gasteiger partial charge is 0.508 e. The fourth-order valence-electron chi connectivity index (χ4n) is 3.93. The molecule has 2 aromatic carbocycles. The van der Waals surface area contributed by atoms with Crippen molar-refractivity contribution in [1.29, 1.82) is 0 Å². The molecule has 10 nitrogen and oxygen atoms in total. The minimum atomic E-state index is -2.32. The summed E-state index contributed by atoms with van der Waals surface area (Å²) in [5.74, 6) is -3.79. The normalized spacial score (nSPS) is 32.5. The van der Waals surface area contributed by atoms with Crippen LogP contribution in [0.5, 0.6) is 17.2 Å². The van der Waals surface area contributed by atoms with Crippen molar-refractivity contribution in [1.82, 2.24) is 0 Å². The van der Waals surface area contributed by atoms with Gasteiger partial charge in [-0.15, -0.1) is 0 Å². The molecule has 0 amide bonds. The van der Waals surface area contributed by atoms with Crippen LogP contribution >= 0.6 is 0 Å². The first-order valence-corrected chi connectivity index (χ1v) is 9.56. The van der Waals surface area contributed by atoms with E-state index in [4.69, 9.17) is 9.47 Å². The van der Waals surface area contributed by atoms with Gasteiger partial charge in [0.1, 0.15) is 47.8 Å². The first-order valence-electron chi connectivity index (χ1n) is 9.56. The summed E-state index contributed by atoms with van der Waals surface area (Å²) in [7, 11) is 0. The van der Waals surface area contributed by atoms with Crippen molar-refractivity contribution >= 4 is 5.78 Å². The number of phenolic OH excluding ortho intramolecular Hbond substituents is 2. The lowest BCUT2D eigenvalue weighted by molar-refractivity contribution is -0.232. The number of hydrogen-bond acceptors (Lipinski definition) is 10. The summed E-state index contributed by atoms with van der Waals surface area (Å²) in [6, 6.07) is 8.18. The maximum absolute atomic E-state index is 12.9. The van der Waals surface area contributed by atoms with Gasteiger partial charge in [-0.05, 0) is 29.8 Å². The number of aromatic hydroxyl groups is 2. The van der Waals surface area contributed by atoms with Crippen LogP contribution < -0.4 is 4.74 Å². The molecule has 0 radical (unpaired) electrons. The van der Waals surface area contributed by atoms with Gasteiger partial charge in [0.2, 0.25) is 5.78 Å². The Kier molecular flexibility index (Phi) is 5.38. The molecule has 166 valence electrons. The van der Waals surface area contributed by atoms with Gasteiger partial charge in [-0.2, -0.15) is 0 Å². The van der Waals surface area contributed by atoms with E-state index in [9.17, 15) is 40.5 Å². The monoisotopic (exact) mass is 434 g/mol. The van der Waals surface area contributed by atoms with Crippen molar-refractivity contribution in [2.75, 3.05) is 6.61 Å². The first kappa shape index (κ1) is 21.5. The van der Waals surface area contributed by atoms with Crippen molar-refractivity contribution in [3.05, 3.63) is 53.1 Å². The molecule has 2 heterocycles. The predicted molar refractivity (Wildman–Crippen MR) is 103 cm³/mol. The minimum absolute atomic E-state index is 0.00696. The molecule has 7 N–H and O–H groups in total. The Hall–Kier alpha value is -2.73. The Balaban J connectivity index is 1.72. The van der Waals surface area contributed by atoms with E-state index in [0.717, 1.165) is 6.07 Å². The quantitative estimate of drug-likeness (QED) is 0.320. The number of aliphatic hydroxyl groups excluding tert-OH is 4. The lowest BCUT2D eigenvalue weighted by Gasteiger charge is -2.40. The molecule has 2 aliphatic heterocycles. The van der Waals surface area contributed by atoms with Crippen LogP contribution in [0.15, 0.2) is 36.4 Å². The highest BCUT2D eigenvalue weighted by atomic mass is 16.6. The SMILES string of the molecule is O=C1c2ccc(O)c(C3OC(CO)C(O)C(O)C3O)c2OC1(O)Cc1ccc(O)cc1. The molecule has 1 saturated heterocycles. The van der Waals surface area contributed by atoms with Gasteiger partial charge >= 0.3 is 0 Å². The molecule has 0 bridgehead atoms. The molecule has 6 atom stereocenters. The highest BCUT2D eigenvalue weighted by Crippen LogP contribution is 2.48. The standard InChI is InChI=1S/C21H22O10/c22-8-13-15(25)16(26)17(27)19(30-13)14-12(24)6-5-11-18(14)31-21(29,20(11)28)7-9-1-3-10(23)4-2-9/h1-6,13,15-17,19,22-27,29H,7-8H2. The average molecular weight is 434 g/mol. The van der Waals surface area contributed by atoms with Crippen molar-refractivity contribution < 1.29 is 50.0 Å². The second kappa shape index (κ2) is 7.75. The van der Waals surface area contributed by atoms with E-state index in [2.05, 4.69) is 0 Å². The average Bonchev–Trinajstić information content (AvgIpc) is 2.99. The predicted octanol–water partition coefficient (Wildman–Crippen LogP) is -0.881. The second-order valence-electron chi connectivity index (χ2n) is 7.68. The molecular formula is C21H22O10. The Morgan fingerprint density at radius 3 is 2.26 bits per heavy atom. The van der Waals surface area contributed by atoms with E-state index in [1.807, 2.05) is 0 Å². The molecule has 31 heavy (non-hydrogen) atoms. The van der Waals surface area contributed by atoms with Gasteiger partial charge in [0.15, 0.2) is 0 Å². The zero-order valence-electron chi connectivity index (χ0n) is 16.1. The van der Waals surface area contributed by atoms with Crippen LogP contribution in [0.2, 0.25) is 0 Å². The topological polar surface area (TPSA) is 177 Å². The number of hydrogen-bond donors (Lipinski definition) is 7. The number of Topliss-reactive ketones (excluding diaryl/α,β-unsaturated/α-hetero) is 1. The summed E-state index contributed by atoms with van der Waals surface area (Å²) in [4.78, 5) is 12.9. The Labute approximate surface area is 176 Å². The van der Waals surface area contributed by atoms with E-state index in [0.29, 0.717) is 5.56 Å². The Morgan fingerprint density at radius 2 is 1.61 bits per heavy atom. The lowest BCUT2D eigenvalue weighted by Crippen LogP contribution is -2.55. The molecule has 4 rings (SSSR count). The third kappa shape index (κ3) is 3.53. The maximum Gasteiger partial charge on any atom is 0.276 e. The van der Waals surface area contributed by atoms with E-state index in [1.54, 1.807) is 0 Å². The van der Waals surface area contributed by atoms with Crippen LogP contribution in [-0.2, 0) is 11.2 Å². The van der Waals surface area contributed by atoms with Crippen molar-refractivity contribution in [2.24, 2.45) is 0 Å². The number of benzene rings is 2. The minimum Gasteiger partial charge on any atom is -0.508 e. The van der Waals surface area contributed by atoms with Crippen LogP contribution in [-0.4, -0.2) is 78.3 Å². The first-order chi connectivity index (χ1) is 14.7. The third-order valence-electron chi connectivity index (χ3n) is 5.60. The van der Waals surface area contributed by atoms with Crippen LogP contribution in [0.25, 0.3) is 0 Å². The summed E-state index contributed by atoms with van der Waals surface area (Å²) >= 11 is 0.